The predicted octanol–water partition coefficient (Wildman–Crippen LogP) is 5.01. The first kappa shape index (κ1) is 17.8. The smallest absolute Gasteiger partial charge is 0.125 e. The number of thioether (sulfide) groups is 2. The van der Waals surface area contributed by atoms with E-state index in [4.69, 9.17) is 0 Å². The molecule has 114 valence electrons. The van der Waals surface area contributed by atoms with Crippen LogP contribution in [0.2, 0.25) is 0 Å². The van der Waals surface area contributed by atoms with Gasteiger partial charge in [-0.15, -0.1) is 23.1 Å². The van der Waals surface area contributed by atoms with E-state index in [9.17, 15) is 0 Å². The third-order valence-corrected chi connectivity index (χ3v) is 6.39. The maximum Gasteiger partial charge on any atom is 0.125 e. The summed E-state index contributed by atoms with van der Waals surface area (Å²) in [5, 5.41) is 2.15. The second-order valence-corrected chi connectivity index (χ2v) is 7.53. The van der Waals surface area contributed by atoms with E-state index in [1.54, 1.807) is 0 Å². The molecular formula is C15H26N2S3. The van der Waals surface area contributed by atoms with Crippen LogP contribution in [-0.2, 0) is 0 Å². The predicted molar refractivity (Wildman–Crippen MR) is 96.6 cm³/mol. The van der Waals surface area contributed by atoms with Gasteiger partial charge < -0.3 is 9.80 Å². The summed E-state index contributed by atoms with van der Waals surface area (Å²) < 4.78 is 2.77. The minimum Gasteiger partial charge on any atom is -0.357 e. The summed E-state index contributed by atoms with van der Waals surface area (Å²) in [5.74, 6) is 1.39. The largest absolute Gasteiger partial charge is 0.357 e. The van der Waals surface area contributed by atoms with Gasteiger partial charge in [-0.2, -0.15) is 0 Å². The van der Waals surface area contributed by atoms with E-state index in [-0.39, 0.29) is 0 Å². The van der Waals surface area contributed by atoms with Crippen LogP contribution in [0.3, 0.4) is 0 Å². The summed E-state index contributed by atoms with van der Waals surface area (Å²) in [5.41, 5.74) is 0. The summed E-state index contributed by atoms with van der Waals surface area (Å²) in [6.07, 6.45) is 2.18. The van der Waals surface area contributed by atoms with Crippen molar-refractivity contribution < 1.29 is 0 Å². The van der Waals surface area contributed by atoms with Gasteiger partial charge in [-0.05, 0) is 45.4 Å². The molecule has 1 aromatic rings. The van der Waals surface area contributed by atoms with E-state index in [1.165, 1.54) is 14.3 Å². The van der Waals surface area contributed by atoms with Gasteiger partial charge in [-0.25, -0.2) is 0 Å². The topological polar surface area (TPSA) is 6.48 Å². The summed E-state index contributed by atoms with van der Waals surface area (Å²) in [6, 6.07) is 4.33. The lowest BCUT2D eigenvalue weighted by molar-refractivity contribution is 0.235. The van der Waals surface area contributed by atoms with Crippen LogP contribution in [0, 0.1) is 0 Å². The first-order valence-electron chi connectivity index (χ1n) is 7.21. The average molecular weight is 331 g/mol. The summed E-state index contributed by atoms with van der Waals surface area (Å²) in [7, 11) is 0. The first-order chi connectivity index (χ1) is 9.71. The maximum absolute atomic E-state index is 2.47. The normalized spacial score (nSPS) is 10.4. The Kier molecular flexibility index (Phi) is 8.57. The fourth-order valence-corrected chi connectivity index (χ4v) is 5.03. The van der Waals surface area contributed by atoms with Crippen molar-refractivity contribution >= 4 is 34.9 Å². The van der Waals surface area contributed by atoms with Crippen LogP contribution < -0.4 is 0 Å². The fraction of sp³-hybridized carbons (Fsp3) is 0.600. The molecule has 0 saturated carbocycles. The lowest BCUT2D eigenvalue weighted by Crippen LogP contribution is -2.36. The number of rotatable bonds is 9. The molecule has 0 bridgehead atoms. The van der Waals surface area contributed by atoms with Crippen LogP contribution in [0.15, 0.2) is 31.8 Å². The maximum atomic E-state index is 2.47. The van der Waals surface area contributed by atoms with Crippen molar-refractivity contribution in [1.82, 2.24) is 9.80 Å². The van der Waals surface area contributed by atoms with Crippen molar-refractivity contribution in [2.24, 2.45) is 0 Å². The molecule has 0 atom stereocenters. The Morgan fingerprint density at radius 1 is 1.05 bits per heavy atom. The number of hydrogen-bond donors (Lipinski definition) is 0. The van der Waals surface area contributed by atoms with Crippen LogP contribution in [-0.4, -0.2) is 42.2 Å². The Morgan fingerprint density at radius 2 is 1.60 bits per heavy atom. The van der Waals surface area contributed by atoms with Crippen molar-refractivity contribution in [3.05, 3.63) is 27.6 Å². The van der Waals surface area contributed by atoms with Gasteiger partial charge in [0, 0.05) is 26.2 Å². The molecule has 20 heavy (non-hydrogen) atoms. The van der Waals surface area contributed by atoms with Crippen molar-refractivity contribution in [2.75, 3.05) is 32.4 Å². The van der Waals surface area contributed by atoms with Gasteiger partial charge >= 0.3 is 0 Å². The molecule has 0 amide bonds. The molecule has 1 heterocycles. The summed E-state index contributed by atoms with van der Waals surface area (Å²) in [6.45, 7) is 13.2. The van der Waals surface area contributed by atoms with Crippen LogP contribution in [0.1, 0.15) is 27.7 Å². The number of hydrogen-bond acceptors (Lipinski definition) is 5. The van der Waals surface area contributed by atoms with E-state index in [1.807, 2.05) is 34.9 Å². The molecule has 0 aliphatic carbocycles. The zero-order valence-electron chi connectivity index (χ0n) is 13.2. The van der Waals surface area contributed by atoms with Crippen LogP contribution in [0.5, 0.6) is 0 Å². The Bertz CT molecular complexity index is 379. The zero-order chi connectivity index (χ0) is 15.0. The Hall–Kier alpha value is -0.260. The van der Waals surface area contributed by atoms with Crippen molar-refractivity contribution in [3.8, 4) is 0 Å². The zero-order valence-corrected chi connectivity index (χ0v) is 15.6. The minimum atomic E-state index is 1.05. The highest BCUT2D eigenvalue weighted by molar-refractivity contribution is 8.22. The van der Waals surface area contributed by atoms with E-state index in [0.29, 0.717) is 0 Å². The molecule has 1 aromatic heterocycles. The minimum absolute atomic E-state index is 1.05. The molecular weight excluding hydrogens is 304 g/mol. The van der Waals surface area contributed by atoms with Crippen LogP contribution in [0.25, 0.3) is 0 Å². The summed E-state index contributed by atoms with van der Waals surface area (Å²) >= 11 is 5.58. The second-order valence-electron chi connectivity index (χ2n) is 4.19. The average Bonchev–Trinajstić information content (AvgIpc) is 2.98. The highest BCUT2D eigenvalue weighted by Crippen LogP contribution is 2.39. The third kappa shape index (κ3) is 4.64. The molecule has 0 aliphatic heterocycles. The van der Waals surface area contributed by atoms with Crippen LogP contribution in [0.4, 0.5) is 0 Å². The quantitative estimate of drug-likeness (QED) is 0.587. The van der Waals surface area contributed by atoms with Gasteiger partial charge in [0.05, 0.1) is 8.45 Å². The van der Waals surface area contributed by atoms with Gasteiger partial charge in [0.25, 0.3) is 0 Å². The lowest BCUT2D eigenvalue weighted by Gasteiger charge is -2.35. The van der Waals surface area contributed by atoms with E-state index in [2.05, 4.69) is 61.3 Å². The van der Waals surface area contributed by atoms with E-state index in [0.717, 1.165) is 26.2 Å². The summed E-state index contributed by atoms with van der Waals surface area (Å²) in [4.78, 5) is 4.94. The molecule has 0 aliphatic rings. The lowest BCUT2D eigenvalue weighted by atomic mass is 10.4. The third-order valence-electron chi connectivity index (χ3n) is 3.18. The number of nitrogens with zero attached hydrogens (tertiary/aromatic N) is 2. The Morgan fingerprint density at radius 3 is 1.95 bits per heavy atom. The highest BCUT2D eigenvalue weighted by atomic mass is 32.2. The Balaban J connectivity index is 3.15. The molecule has 1 rings (SSSR count). The van der Waals surface area contributed by atoms with Gasteiger partial charge in [0.2, 0.25) is 0 Å². The molecule has 5 heteroatoms. The molecule has 2 nitrogen and oxygen atoms in total. The molecule has 0 N–H and O–H groups in total. The Labute approximate surface area is 136 Å². The molecule has 0 aromatic carbocycles. The molecule has 0 fully saturated rings. The number of thiophene rings is 1. The van der Waals surface area contributed by atoms with Crippen LogP contribution >= 0.6 is 34.9 Å². The molecule has 0 saturated heterocycles. The van der Waals surface area contributed by atoms with Gasteiger partial charge in [0.1, 0.15) is 5.82 Å². The van der Waals surface area contributed by atoms with Crippen molar-refractivity contribution in [1.29, 1.82) is 0 Å². The standard InChI is InChI=1S/C15H26N2S3/c1-6-16(7-2)14(17(8-3)9-4)15(18-5)20-13-11-10-12-19-13/h10-12H,6-9H2,1-5H3. The fourth-order valence-electron chi connectivity index (χ4n) is 2.10. The monoisotopic (exact) mass is 330 g/mol. The van der Waals surface area contributed by atoms with Crippen molar-refractivity contribution in [2.45, 2.75) is 31.9 Å². The second kappa shape index (κ2) is 9.64. The molecule has 0 unspecified atom stereocenters. The first-order valence-corrected chi connectivity index (χ1v) is 10.1. The molecule has 0 radical (unpaired) electrons. The highest BCUT2D eigenvalue weighted by Gasteiger charge is 2.18. The SMILES string of the molecule is CCN(CC)C(=C(SC)Sc1cccs1)N(CC)CC. The van der Waals surface area contributed by atoms with E-state index >= 15 is 0 Å². The molecule has 0 spiro atoms. The van der Waals surface area contributed by atoms with Gasteiger partial charge in [-0.1, -0.05) is 17.8 Å². The van der Waals surface area contributed by atoms with Gasteiger partial charge in [-0.3, -0.25) is 0 Å². The van der Waals surface area contributed by atoms with E-state index < -0.39 is 0 Å². The van der Waals surface area contributed by atoms with Gasteiger partial charge in [0.15, 0.2) is 0 Å². The van der Waals surface area contributed by atoms with Crippen molar-refractivity contribution in [3.63, 3.8) is 0 Å².